The topological polar surface area (TPSA) is 50.0 Å². The second-order valence-corrected chi connectivity index (χ2v) is 16.0. The van der Waals surface area contributed by atoms with Crippen LogP contribution in [0, 0.1) is 0 Å². The highest BCUT2D eigenvalue weighted by atomic mass is 15.0. The molecular weight excluding hydrogens is 777 g/mol. The summed E-state index contributed by atoms with van der Waals surface area (Å²) in [7, 11) is 0. The minimum absolute atomic E-state index is 0.508. The minimum Gasteiger partial charge on any atom is -0.264 e. The predicted octanol–water partition coefficient (Wildman–Crippen LogP) is 14.5. The maximum Gasteiger partial charge on any atom is 0.161 e. The first-order chi connectivity index (χ1) is 31.7. The highest BCUT2D eigenvalue weighted by Gasteiger charge is 2.47. The quantitative estimate of drug-likeness (QED) is 0.0855. The van der Waals surface area contributed by atoms with E-state index < -0.39 is 5.41 Å². The van der Waals surface area contributed by atoms with Crippen LogP contribution in [-0.4, -0.2) is 23.4 Å². The Balaban J connectivity index is 0.000000677. The van der Waals surface area contributed by atoms with Crippen LogP contribution in [0.1, 0.15) is 59.1 Å². The zero-order chi connectivity index (χ0) is 43.4. The molecule has 1 atom stereocenters. The Hall–Kier alpha value is -7.82. The van der Waals surface area contributed by atoms with E-state index in [0.29, 0.717) is 18.2 Å². The van der Waals surface area contributed by atoms with Crippen molar-refractivity contribution < 1.29 is 0 Å². The molecule has 0 spiro atoms. The summed E-state index contributed by atoms with van der Waals surface area (Å²) in [5.41, 5.74) is 14.3. The summed E-state index contributed by atoms with van der Waals surface area (Å²) in [6, 6.07) is 58.1. The largest absolute Gasteiger partial charge is 0.264 e. The minimum atomic E-state index is -0.515. The summed E-state index contributed by atoms with van der Waals surface area (Å²) >= 11 is 0. The van der Waals surface area contributed by atoms with Crippen LogP contribution in [0.3, 0.4) is 0 Å². The van der Waals surface area contributed by atoms with Crippen molar-refractivity contribution in [1.82, 2.24) is 4.98 Å². The maximum absolute atomic E-state index is 5.05. The van der Waals surface area contributed by atoms with Gasteiger partial charge in [0, 0.05) is 23.5 Å². The lowest BCUT2D eigenvalue weighted by atomic mass is 9.68. The predicted molar refractivity (Wildman–Crippen MR) is 269 cm³/mol. The van der Waals surface area contributed by atoms with E-state index in [9.17, 15) is 0 Å². The summed E-state index contributed by atoms with van der Waals surface area (Å²) in [4.78, 5) is 19.1. The van der Waals surface area contributed by atoms with E-state index in [1.54, 1.807) is 0 Å². The Bertz CT molecular complexity index is 2910. The van der Waals surface area contributed by atoms with Crippen molar-refractivity contribution in [2.45, 2.75) is 37.6 Å². The van der Waals surface area contributed by atoms with E-state index in [1.165, 1.54) is 46.2 Å². The lowest BCUT2D eigenvalue weighted by molar-refractivity contribution is 0.763. The molecule has 7 aromatic rings. The molecule has 3 aliphatic carbocycles. The molecule has 4 nitrogen and oxygen atoms in total. The first-order valence-electron chi connectivity index (χ1n) is 22.1. The number of benzene rings is 6. The molecule has 10 rings (SSSR count). The Morgan fingerprint density at radius 1 is 0.562 bits per heavy atom. The number of allylic oxidation sites excluding steroid dienone is 8. The van der Waals surface area contributed by atoms with Crippen LogP contribution in [-0.2, 0) is 12.0 Å². The zero-order valence-corrected chi connectivity index (χ0v) is 36.0. The lowest BCUT2D eigenvalue weighted by Gasteiger charge is -2.33. The normalized spacial score (nSPS) is 16.4. The van der Waals surface area contributed by atoms with Gasteiger partial charge in [-0.2, -0.15) is 0 Å². The molecule has 0 amide bonds. The van der Waals surface area contributed by atoms with Crippen LogP contribution in [0.15, 0.2) is 251 Å². The van der Waals surface area contributed by atoms with Gasteiger partial charge in [0.15, 0.2) is 11.7 Å². The van der Waals surface area contributed by atoms with Crippen molar-refractivity contribution in [3.8, 4) is 33.4 Å². The maximum atomic E-state index is 5.05. The summed E-state index contributed by atoms with van der Waals surface area (Å²) in [6.45, 7) is 4.45. The molecule has 4 heteroatoms. The summed E-state index contributed by atoms with van der Waals surface area (Å²) < 4.78 is 0. The summed E-state index contributed by atoms with van der Waals surface area (Å²) in [5, 5.41) is 0. The Kier molecular flexibility index (Phi) is 12.9. The molecule has 1 heterocycles. The van der Waals surface area contributed by atoms with Crippen LogP contribution in [0.25, 0.3) is 33.4 Å². The number of amidine groups is 2. The third-order valence-corrected chi connectivity index (χ3v) is 12.0. The van der Waals surface area contributed by atoms with Crippen molar-refractivity contribution >= 4 is 18.4 Å². The highest BCUT2D eigenvalue weighted by molar-refractivity contribution is 6.14. The van der Waals surface area contributed by atoms with Gasteiger partial charge in [0.25, 0.3) is 0 Å². The van der Waals surface area contributed by atoms with Gasteiger partial charge in [-0.3, -0.25) is 9.98 Å². The average Bonchev–Trinajstić information content (AvgIpc) is 3.68. The fourth-order valence-electron chi connectivity index (χ4n) is 8.99. The number of fused-ring (bicyclic) bond motifs is 3. The van der Waals surface area contributed by atoms with Crippen molar-refractivity contribution in [3.63, 3.8) is 0 Å². The number of rotatable bonds is 8. The van der Waals surface area contributed by atoms with Crippen LogP contribution in [0.2, 0.25) is 0 Å². The smallest absolute Gasteiger partial charge is 0.161 e. The summed E-state index contributed by atoms with van der Waals surface area (Å²) in [6.07, 6.45) is 27.7. The lowest BCUT2D eigenvalue weighted by Crippen LogP contribution is -2.28. The third kappa shape index (κ3) is 8.77. The molecule has 0 aliphatic heterocycles. The Morgan fingerprint density at radius 2 is 1.23 bits per heavy atom. The van der Waals surface area contributed by atoms with Gasteiger partial charge >= 0.3 is 0 Å². The number of hydrogen-bond acceptors (Lipinski definition) is 2. The van der Waals surface area contributed by atoms with Gasteiger partial charge in [-0.15, -0.1) is 0 Å². The first-order valence-corrected chi connectivity index (χ1v) is 22.1. The first kappa shape index (κ1) is 41.5. The SMILES string of the molecule is C1=CCCC=CC1.C=NC(=NC(=NCc1ccccc1)C1=CC=CCC=C1)c1cccc(-c2cccc(-c3cccc4c3-c3ccccc3C4(c3ccccc3)c3cccnc3)c2)c1. The van der Waals surface area contributed by atoms with Crippen molar-refractivity contribution in [2.24, 2.45) is 15.0 Å². The fraction of sp³-hybridized carbons (Fsp3) is 0.100. The van der Waals surface area contributed by atoms with Gasteiger partial charge in [-0.25, -0.2) is 9.98 Å². The molecular formula is C60H50N4. The van der Waals surface area contributed by atoms with E-state index in [4.69, 9.17) is 9.98 Å². The average molecular weight is 827 g/mol. The standard InChI is InChI=1S/C53H40N4.C7H10/c1-54-51(57-52(39-20-8-2-3-9-21-39)56-36-38-18-6-4-7-19-38)43-25-15-23-41(35-43)40-22-14-24-42(34-40)46-30-16-32-49-50(46)47-29-12-13-31-48(47)53(49,44-26-10-5-11-27-44)45-28-17-33-55-37-45;1-2-4-6-7-5-3-1/h2,4-35,37H,1,3,36H2;1-2,5,7H,3-4,6H2. The number of aromatic nitrogens is 1. The number of aliphatic imine (C=N–C) groups is 3. The van der Waals surface area contributed by atoms with Crippen LogP contribution >= 0.6 is 0 Å². The van der Waals surface area contributed by atoms with Crippen LogP contribution < -0.4 is 0 Å². The Labute approximate surface area is 377 Å². The molecule has 0 saturated carbocycles. The van der Waals surface area contributed by atoms with Gasteiger partial charge < -0.3 is 0 Å². The van der Waals surface area contributed by atoms with E-state index in [1.807, 2.05) is 42.7 Å². The van der Waals surface area contributed by atoms with E-state index in [2.05, 4.69) is 205 Å². The van der Waals surface area contributed by atoms with E-state index in [-0.39, 0.29) is 0 Å². The Morgan fingerprint density at radius 3 is 2.03 bits per heavy atom. The zero-order valence-electron chi connectivity index (χ0n) is 36.0. The van der Waals surface area contributed by atoms with Gasteiger partial charge in [0.2, 0.25) is 0 Å². The van der Waals surface area contributed by atoms with E-state index in [0.717, 1.165) is 51.8 Å². The molecule has 0 N–H and O–H groups in total. The molecule has 0 saturated heterocycles. The van der Waals surface area contributed by atoms with Gasteiger partial charge in [0.05, 0.1) is 12.0 Å². The fourth-order valence-corrected chi connectivity index (χ4v) is 8.99. The molecule has 64 heavy (non-hydrogen) atoms. The summed E-state index contributed by atoms with van der Waals surface area (Å²) in [5.74, 6) is 1.14. The molecule has 0 bridgehead atoms. The van der Waals surface area contributed by atoms with Crippen molar-refractivity contribution in [1.29, 1.82) is 0 Å². The van der Waals surface area contributed by atoms with Gasteiger partial charge in [-0.1, -0.05) is 200 Å². The second-order valence-electron chi connectivity index (χ2n) is 16.0. The molecule has 1 unspecified atom stereocenters. The van der Waals surface area contributed by atoms with Crippen LogP contribution in [0.4, 0.5) is 0 Å². The number of hydrogen-bond donors (Lipinski definition) is 0. The van der Waals surface area contributed by atoms with Crippen LogP contribution in [0.5, 0.6) is 0 Å². The van der Waals surface area contributed by atoms with Gasteiger partial charge in [-0.05, 0) is 112 Å². The van der Waals surface area contributed by atoms with Gasteiger partial charge in [0.1, 0.15) is 0 Å². The molecule has 6 aromatic carbocycles. The number of pyridine rings is 1. The van der Waals surface area contributed by atoms with E-state index >= 15 is 0 Å². The molecule has 1 aromatic heterocycles. The molecule has 310 valence electrons. The molecule has 3 aliphatic rings. The number of nitrogens with zero attached hydrogens (tertiary/aromatic N) is 4. The highest BCUT2D eigenvalue weighted by Crippen LogP contribution is 2.58. The van der Waals surface area contributed by atoms with Crippen molar-refractivity contribution in [2.75, 3.05) is 0 Å². The monoisotopic (exact) mass is 826 g/mol. The van der Waals surface area contributed by atoms with Crippen molar-refractivity contribution in [3.05, 3.63) is 270 Å². The second kappa shape index (κ2) is 19.9. The molecule has 0 radical (unpaired) electrons. The molecule has 0 fully saturated rings. The third-order valence-electron chi connectivity index (χ3n) is 12.0.